The number of nitrogen functional groups attached to an aromatic ring is 4. The molecule has 1 saturated heterocycles. The Labute approximate surface area is 151 Å². The molecular weight excluding hydrogens is 336 g/mol. The zero-order chi connectivity index (χ0) is 19.4. The van der Waals surface area contributed by atoms with Gasteiger partial charge in [-0.15, -0.1) is 0 Å². The van der Waals surface area contributed by atoms with Crippen LogP contribution >= 0.6 is 0 Å². The minimum absolute atomic E-state index is 0.463. The topological polar surface area (TPSA) is 170 Å². The molecule has 2 aromatic heterocycles. The standard InChI is InChI=1S/C6H10N2O2.2C5H7N3/c9-5-7-1-2-8(6-10)4-3-7;2*6-4-2-1-3-5(7)8-4/h5-6H,1-4H2;2*1-3H,(H4,6,7,8). The minimum Gasteiger partial charge on any atom is -0.384 e. The highest BCUT2D eigenvalue weighted by Crippen LogP contribution is 2.00. The first kappa shape index (κ1) is 20.5. The summed E-state index contributed by atoms with van der Waals surface area (Å²) < 4.78 is 0. The number of anilines is 4. The molecule has 140 valence electrons. The Balaban J connectivity index is 0.000000197. The number of aromatic nitrogens is 2. The third-order valence-electron chi connectivity index (χ3n) is 3.23. The number of amides is 2. The molecular formula is C16H24N8O2. The van der Waals surface area contributed by atoms with E-state index in [1.54, 1.807) is 46.2 Å². The van der Waals surface area contributed by atoms with Crippen molar-refractivity contribution in [3.8, 4) is 0 Å². The zero-order valence-corrected chi connectivity index (χ0v) is 14.4. The monoisotopic (exact) mass is 360 g/mol. The number of pyridine rings is 2. The molecule has 1 fully saturated rings. The van der Waals surface area contributed by atoms with E-state index in [-0.39, 0.29) is 0 Å². The predicted molar refractivity (Wildman–Crippen MR) is 101 cm³/mol. The van der Waals surface area contributed by atoms with E-state index in [0.717, 1.165) is 12.8 Å². The molecule has 3 heterocycles. The van der Waals surface area contributed by atoms with Gasteiger partial charge in [0.05, 0.1) is 0 Å². The lowest BCUT2D eigenvalue weighted by molar-refractivity contribution is -0.125. The van der Waals surface area contributed by atoms with Crippen LogP contribution in [0.1, 0.15) is 0 Å². The molecule has 0 aliphatic carbocycles. The van der Waals surface area contributed by atoms with Crippen LogP contribution < -0.4 is 22.9 Å². The van der Waals surface area contributed by atoms with Gasteiger partial charge in [0.15, 0.2) is 0 Å². The molecule has 0 bridgehead atoms. The molecule has 10 heteroatoms. The Hall–Kier alpha value is -3.56. The van der Waals surface area contributed by atoms with Gasteiger partial charge in [-0.25, -0.2) is 9.97 Å². The van der Waals surface area contributed by atoms with Gasteiger partial charge in [0, 0.05) is 26.2 Å². The molecule has 26 heavy (non-hydrogen) atoms. The van der Waals surface area contributed by atoms with Gasteiger partial charge in [0.25, 0.3) is 0 Å². The van der Waals surface area contributed by atoms with Crippen LogP contribution in [0, 0.1) is 0 Å². The van der Waals surface area contributed by atoms with Gasteiger partial charge < -0.3 is 32.7 Å². The third-order valence-corrected chi connectivity index (χ3v) is 3.23. The Kier molecular flexibility index (Phi) is 8.73. The van der Waals surface area contributed by atoms with Crippen molar-refractivity contribution >= 4 is 36.1 Å². The van der Waals surface area contributed by atoms with Crippen LogP contribution in [0.5, 0.6) is 0 Å². The van der Waals surface area contributed by atoms with Crippen LogP contribution in [-0.4, -0.2) is 58.8 Å². The number of rotatable bonds is 2. The van der Waals surface area contributed by atoms with E-state index in [1.165, 1.54) is 0 Å². The van der Waals surface area contributed by atoms with Gasteiger partial charge in [0.1, 0.15) is 23.3 Å². The van der Waals surface area contributed by atoms with Crippen LogP contribution in [0.4, 0.5) is 23.3 Å². The molecule has 0 saturated carbocycles. The van der Waals surface area contributed by atoms with Crippen molar-refractivity contribution in [3.63, 3.8) is 0 Å². The quantitative estimate of drug-likeness (QED) is 0.515. The molecule has 10 nitrogen and oxygen atoms in total. The molecule has 0 unspecified atom stereocenters. The van der Waals surface area contributed by atoms with Gasteiger partial charge in [-0.2, -0.15) is 0 Å². The largest absolute Gasteiger partial charge is 0.384 e. The number of hydrogen-bond donors (Lipinski definition) is 4. The Morgan fingerprint density at radius 1 is 0.654 bits per heavy atom. The summed E-state index contributed by atoms with van der Waals surface area (Å²) in [7, 11) is 0. The summed E-state index contributed by atoms with van der Waals surface area (Å²) in [6, 6.07) is 10.3. The van der Waals surface area contributed by atoms with Crippen molar-refractivity contribution in [3.05, 3.63) is 36.4 Å². The Morgan fingerprint density at radius 3 is 1.08 bits per heavy atom. The van der Waals surface area contributed by atoms with Gasteiger partial charge in [-0.05, 0) is 24.3 Å². The first-order chi connectivity index (χ1) is 12.4. The van der Waals surface area contributed by atoms with Crippen molar-refractivity contribution in [2.45, 2.75) is 0 Å². The average Bonchev–Trinajstić information content (AvgIpc) is 2.62. The molecule has 2 amide bonds. The van der Waals surface area contributed by atoms with E-state index in [9.17, 15) is 9.59 Å². The zero-order valence-electron chi connectivity index (χ0n) is 14.4. The van der Waals surface area contributed by atoms with Crippen LogP contribution in [0.15, 0.2) is 36.4 Å². The SMILES string of the molecule is Nc1cccc(N)n1.Nc1cccc(N)n1.O=CN1CCN(C=O)CC1. The summed E-state index contributed by atoms with van der Waals surface area (Å²) in [5.74, 6) is 1.85. The lowest BCUT2D eigenvalue weighted by Gasteiger charge is -2.29. The highest BCUT2D eigenvalue weighted by atomic mass is 16.1. The average molecular weight is 360 g/mol. The minimum atomic E-state index is 0.463. The van der Waals surface area contributed by atoms with Crippen LogP contribution in [0.3, 0.4) is 0 Å². The molecule has 1 aliphatic rings. The Bertz CT molecular complexity index is 595. The van der Waals surface area contributed by atoms with Gasteiger partial charge in [0.2, 0.25) is 12.8 Å². The van der Waals surface area contributed by atoms with E-state index in [1.807, 2.05) is 0 Å². The van der Waals surface area contributed by atoms with E-state index in [0.29, 0.717) is 49.5 Å². The maximum Gasteiger partial charge on any atom is 0.209 e. The number of hydrogen-bond acceptors (Lipinski definition) is 8. The molecule has 0 aromatic carbocycles. The molecule has 0 spiro atoms. The summed E-state index contributed by atoms with van der Waals surface area (Å²) in [6.45, 7) is 2.68. The maximum absolute atomic E-state index is 10.2. The molecule has 3 rings (SSSR count). The maximum atomic E-state index is 10.2. The van der Waals surface area contributed by atoms with E-state index >= 15 is 0 Å². The fourth-order valence-corrected chi connectivity index (χ4v) is 1.89. The fourth-order valence-electron chi connectivity index (χ4n) is 1.89. The molecule has 0 atom stereocenters. The number of piperazine rings is 1. The Morgan fingerprint density at radius 2 is 0.923 bits per heavy atom. The van der Waals surface area contributed by atoms with E-state index in [4.69, 9.17) is 22.9 Å². The van der Waals surface area contributed by atoms with Crippen LogP contribution in [-0.2, 0) is 9.59 Å². The lowest BCUT2D eigenvalue weighted by atomic mass is 10.4. The number of carbonyl (C=O) groups excluding carboxylic acids is 2. The van der Waals surface area contributed by atoms with Gasteiger partial charge >= 0.3 is 0 Å². The van der Waals surface area contributed by atoms with Crippen LogP contribution in [0.25, 0.3) is 0 Å². The summed E-state index contributed by atoms with van der Waals surface area (Å²) in [6.07, 6.45) is 1.64. The second-order valence-electron chi connectivity index (χ2n) is 5.26. The summed E-state index contributed by atoms with van der Waals surface area (Å²) in [5, 5.41) is 0. The van der Waals surface area contributed by atoms with E-state index < -0.39 is 0 Å². The van der Waals surface area contributed by atoms with Crippen molar-refractivity contribution in [1.29, 1.82) is 0 Å². The molecule has 0 radical (unpaired) electrons. The molecule has 1 aliphatic heterocycles. The second-order valence-corrected chi connectivity index (χ2v) is 5.26. The smallest absolute Gasteiger partial charge is 0.209 e. The molecule has 8 N–H and O–H groups in total. The summed E-state index contributed by atoms with van der Waals surface area (Å²) in [4.78, 5) is 31.1. The lowest BCUT2D eigenvalue weighted by Crippen LogP contribution is -2.44. The fraction of sp³-hybridized carbons (Fsp3) is 0.250. The first-order valence-electron chi connectivity index (χ1n) is 7.79. The molecule has 2 aromatic rings. The van der Waals surface area contributed by atoms with Crippen molar-refractivity contribution in [2.24, 2.45) is 0 Å². The highest BCUT2D eigenvalue weighted by molar-refractivity contribution is 5.50. The predicted octanol–water partition coefficient (Wildman–Crippen LogP) is -0.591. The van der Waals surface area contributed by atoms with E-state index in [2.05, 4.69) is 9.97 Å². The third kappa shape index (κ3) is 8.34. The highest BCUT2D eigenvalue weighted by Gasteiger charge is 2.12. The summed E-state index contributed by atoms with van der Waals surface area (Å²) in [5.41, 5.74) is 21.1. The van der Waals surface area contributed by atoms with Crippen molar-refractivity contribution in [2.75, 3.05) is 49.1 Å². The second kappa shape index (κ2) is 11.1. The van der Waals surface area contributed by atoms with Crippen molar-refractivity contribution in [1.82, 2.24) is 19.8 Å². The van der Waals surface area contributed by atoms with Gasteiger partial charge in [-0.3, -0.25) is 9.59 Å². The van der Waals surface area contributed by atoms with Crippen LogP contribution in [0.2, 0.25) is 0 Å². The van der Waals surface area contributed by atoms with Crippen molar-refractivity contribution < 1.29 is 9.59 Å². The number of nitrogens with two attached hydrogens (primary N) is 4. The number of carbonyl (C=O) groups is 2. The number of nitrogens with zero attached hydrogens (tertiary/aromatic N) is 4. The first-order valence-corrected chi connectivity index (χ1v) is 7.79. The normalized spacial score (nSPS) is 12.8. The summed E-state index contributed by atoms with van der Waals surface area (Å²) >= 11 is 0. The van der Waals surface area contributed by atoms with Gasteiger partial charge in [-0.1, -0.05) is 12.1 Å².